The van der Waals surface area contributed by atoms with Gasteiger partial charge >= 0.3 is 12.0 Å². The molecule has 0 bridgehead atoms. The smallest absolute Gasteiger partial charge is 0.318 e. The van der Waals surface area contributed by atoms with Gasteiger partial charge in [-0.15, -0.1) is 11.3 Å². The highest BCUT2D eigenvalue weighted by Crippen LogP contribution is 2.42. The summed E-state index contributed by atoms with van der Waals surface area (Å²) >= 11 is 1.57. The lowest BCUT2D eigenvalue weighted by Gasteiger charge is -2.25. The van der Waals surface area contributed by atoms with Crippen LogP contribution < -0.4 is 5.32 Å². The van der Waals surface area contributed by atoms with E-state index in [9.17, 15) is 9.59 Å². The standard InChI is InChI=1S/C16H23N3O3S/c1-10-8-19(9-16(10,2)14(20)22-3)15(21)18-12(11-4-5-11)13-17-6-7-23-13/h6-7,10-12H,4-5,8-9H2,1-3H3,(H,18,21)/t10-,12+,16-/m1/s1. The number of ether oxygens (including phenoxy) is 1. The first kappa shape index (κ1) is 16.2. The zero-order valence-corrected chi connectivity index (χ0v) is 14.6. The molecule has 1 saturated heterocycles. The van der Waals surface area contributed by atoms with Crippen molar-refractivity contribution in [2.75, 3.05) is 20.2 Å². The molecule has 1 aliphatic carbocycles. The van der Waals surface area contributed by atoms with Gasteiger partial charge in [0.1, 0.15) is 5.01 Å². The van der Waals surface area contributed by atoms with Crippen LogP contribution in [0, 0.1) is 17.3 Å². The Morgan fingerprint density at radius 1 is 1.52 bits per heavy atom. The molecule has 1 aromatic heterocycles. The van der Waals surface area contributed by atoms with Crippen LogP contribution in [0.1, 0.15) is 37.7 Å². The Morgan fingerprint density at radius 3 is 2.83 bits per heavy atom. The van der Waals surface area contributed by atoms with Gasteiger partial charge in [-0.2, -0.15) is 0 Å². The molecule has 0 unspecified atom stereocenters. The van der Waals surface area contributed by atoms with E-state index < -0.39 is 5.41 Å². The van der Waals surface area contributed by atoms with Crippen molar-refractivity contribution in [3.8, 4) is 0 Å². The first-order valence-corrected chi connectivity index (χ1v) is 8.87. The summed E-state index contributed by atoms with van der Waals surface area (Å²) in [6, 6.07) is -0.126. The second-order valence-electron chi connectivity index (χ2n) is 6.83. The molecule has 3 rings (SSSR count). The first-order valence-electron chi connectivity index (χ1n) is 7.99. The molecular formula is C16H23N3O3S. The largest absolute Gasteiger partial charge is 0.469 e. The van der Waals surface area contributed by atoms with E-state index in [0.717, 1.165) is 17.8 Å². The van der Waals surface area contributed by atoms with Crippen molar-refractivity contribution >= 4 is 23.3 Å². The minimum atomic E-state index is -0.637. The van der Waals surface area contributed by atoms with Crippen LogP contribution in [-0.2, 0) is 9.53 Å². The molecule has 1 aromatic rings. The molecule has 0 spiro atoms. The molecule has 1 N–H and O–H groups in total. The highest BCUT2D eigenvalue weighted by molar-refractivity contribution is 7.09. The molecule has 1 saturated carbocycles. The minimum Gasteiger partial charge on any atom is -0.469 e. The molecule has 7 heteroatoms. The molecule has 2 fully saturated rings. The summed E-state index contributed by atoms with van der Waals surface area (Å²) in [5.41, 5.74) is -0.637. The van der Waals surface area contributed by atoms with Gasteiger partial charge in [-0.1, -0.05) is 6.92 Å². The molecule has 6 nitrogen and oxygen atoms in total. The predicted octanol–water partition coefficient (Wildman–Crippen LogP) is 2.43. The van der Waals surface area contributed by atoms with Gasteiger partial charge < -0.3 is 15.0 Å². The number of urea groups is 1. The number of thiazole rings is 1. The van der Waals surface area contributed by atoms with Crippen molar-refractivity contribution < 1.29 is 14.3 Å². The Balaban J connectivity index is 1.68. The highest BCUT2D eigenvalue weighted by atomic mass is 32.1. The van der Waals surface area contributed by atoms with Crippen molar-refractivity contribution in [1.82, 2.24) is 15.2 Å². The number of esters is 1. The molecule has 2 heterocycles. The van der Waals surface area contributed by atoms with Crippen LogP contribution in [0.25, 0.3) is 0 Å². The van der Waals surface area contributed by atoms with E-state index in [1.807, 2.05) is 19.2 Å². The van der Waals surface area contributed by atoms with E-state index in [1.54, 1.807) is 22.4 Å². The first-order chi connectivity index (χ1) is 11.0. The fourth-order valence-electron chi connectivity index (χ4n) is 3.23. The number of carbonyl (C=O) groups is 2. The molecule has 2 aliphatic rings. The number of hydrogen-bond donors (Lipinski definition) is 1. The molecule has 0 aromatic carbocycles. The Morgan fingerprint density at radius 2 is 2.26 bits per heavy atom. The maximum Gasteiger partial charge on any atom is 0.318 e. The number of amides is 2. The number of nitrogens with zero attached hydrogens (tertiary/aromatic N) is 2. The van der Waals surface area contributed by atoms with E-state index in [-0.39, 0.29) is 24.0 Å². The summed E-state index contributed by atoms with van der Waals surface area (Å²) in [6.07, 6.45) is 4.02. The molecular weight excluding hydrogens is 314 g/mol. The Bertz CT molecular complexity index is 587. The average molecular weight is 337 g/mol. The molecule has 1 aliphatic heterocycles. The fraction of sp³-hybridized carbons (Fsp3) is 0.688. The topological polar surface area (TPSA) is 71.5 Å². The highest BCUT2D eigenvalue weighted by Gasteiger charge is 2.49. The van der Waals surface area contributed by atoms with E-state index in [4.69, 9.17) is 4.74 Å². The molecule has 23 heavy (non-hydrogen) atoms. The van der Waals surface area contributed by atoms with Gasteiger partial charge in [-0.3, -0.25) is 4.79 Å². The van der Waals surface area contributed by atoms with Crippen molar-refractivity contribution in [2.24, 2.45) is 17.3 Å². The molecule has 3 atom stereocenters. The van der Waals surface area contributed by atoms with E-state index in [1.165, 1.54) is 7.11 Å². The average Bonchev–Trinajstić information content (AvgIpc) is 3.13. The quantitative estimate of drug-likeness (QED) is 0.857. The lowest BCUT2D eigenvalue weighted by atomic mass is 9.81. The Labute approximate surface area is 140 Å². The maximum absolute atomic E-state index is 12.7. The third-order valence-corrected chi connectivity index (χ3v) is 5.99. The van der Waals surface area contributed by atoms with Crippen molar-refractivity contribution in [3.05, 3.63) is 16.6 Å². The van der Waals surface area contributed by atoms with Crippen LogP contribution in [-0.4, -0.2) is 42.1 Å². The van der Waals surface area contributed by atoms with Crippen LogP contribution in [0.2, 0.25) is 0 Å². The second kappa shape index (κ2) is 6.11. The van der Waals surface area contributed by atoms with Crippen LogP contribution >= 0.6 is 11.3 Å². The SMILES string of the molecule is COC(=O)[C@]1(C)CN(C(=O)N[C@H](c2nccs2)C2CC2)C[C@H]1C. The minimum absolute atomic E-state index is 0.0113. The summed E-state index contributed by atoms with van der Waals surface area (Å²) in [7, 11) is 1.40. The number of nitrogens with one attached hydrogen (secondary N) is 1. The van der Waals surface area contributed by atoms with Crippen molar-refractivity contribution in [1.29, 1.82) is 0 Å². The monoisotopic (exact) mass is 337 g/mol. The number of carbonyl (C=O) groups excluding carboxylic acids is 2. The van der Waals surface area contributed by atoms with Crippen LogP contribution in [0.5, 0.6) is 0 Å². The zero-order valence-electron chi connectivity index (χ0n) is 13.7. The summed E-state index contributed by atoms with van der Waals surface area (Å²) in [5, 5.41) is 6.02. The number of rotatable bonds is 4. The number of likely N-dealkylation sites (tertiary alicyclic amines) is 1. The molecule has 2 amide bonds. The summed E-state index contributed by atoms with van der Waals surface area (Å²) in [4.78, 5) is 30.8. The number of hydrogen-bond acceptors (Lipinski definition) is 5. The van der Waals surface area contributed by atoms with Crippen LogP contribution in [0.15, 0.2) is 11.6 Å². The third kappa shape index (κ3) is 3.06. The normalized spacial score (nSPS) is 28.5. The van der Waals surface area contributed by atoms with E-state index in [2.05, 4.69) is 10.3 Å². The second-order valence-corrected chi connectivity index (χ2v) is 7.75. The summed E-state index contributed by atoms with van der Waals surface area (Å²) in [5.74, 6) is 0.302. The summed E-state index contributed by atoms with van der Waals surface area (Å²) < 4.78 is 4.92. The van der Waals surface area contributed by atoms with Gasteiger partial charge in [0.05, 0.1) is 18.6 Å². The van der Waals surface area contributed by atoms with E-state index >= 15 is 0 Å². The van der Waals surface area contributed by atoms with Crippen LogP contribution in [0.4, 0.5) is 4.79 Å². The van der Waals surface area contributed by atoms with Crippen LogP contribution in [0.3, 0.4) is 0 Å². The maximum atomic E-state index is 12.7. The predicted molar refractivity (Wildman–Crippen MR) is 87.0 cm³/mol. The van der Waals surface area contributed by atoms with Crippen molar-refractivity contribution in [2.45, 2.75) is 32.7 Å². The van der Waals surface area contributed by atoms with E-state index in [0.29, 0.717) is 19.0 Å². The third-order valence-electron chi connectivity index (χ3n) is 5.13. The fourth-order valence-corrected chi connectivity index (χ4v) is 4.01. The van der Waals surface area contributed by atoms with Gasteiger partial charge in [0.15, 0.2) is 0 Å². The van der Waals surface area contributed by atoms with Gasteiger partial charge in [-0.25, -0.2) is 9.78 Å². The molecule has 0 radical (unpaired) electrons. The molecule has 126 valence electrons. The van der Waals surface area contributed by atoms with Gasteiger partial charge in [0, 0.05) is 24.7 Å². The Kier molecular flexibility index (Phi) is 4.31. The number of aromatic nitrogens is 1. The lowest BCUT2D eigenvalue weighted by Crippen LogP contribution is -2.43. The summed E-state index contributed by atoms with van der Waals surface area (Å²) in [6.45, 7) is 4.81. The zero-order chi connectivity index (χ0) is 16.6. The van der Waals surface area contributed by atoms with Crippen molar-refractivity contribution in [3.63, 3.8) is 0 Å². The number of methoxy groups -OCH3 is 1. The Hall–Kier alpha value is -1.63. The lowest BCUT2D eigenvalue weighted by molar-refractivity contribution is -0.152. The van der Waals surface area contributed by atoms with Gasteiger partial charge in [-0.05, 0) is 31.6 Å². The van der Waals surface area contributed by atoms with Gasteiger partial charge in [0.2, 0.25) is 0 Å². The van der Waals surface area contributed by atoms with Gasteiger partial charge in [0.25, 0.3) is 0 Å².